The molecule has 0 aromatic heterocycles. The maximum absolute atomic E-state index is 13.4. The highest BCUT2D eigenvalue weighted by Crippen LogP contribution is 2.57. The van der Waals surface area contributed by atoms with Gasteiger partial charge in [0.05, 0.1) is 36.1 Å². The molecule has 1 aliphatic carbocycles. The number of hydrogen-bond acceptors (Lipinski definition) is 8. The van der Waals surface area contributed by atoms with Crippen LogP contribution in [0.3, 0.4) is 0 Å². The Bertz CT molecular complexity index is 1110. The van der Waals surface area contributed by atoms with E-state index in [1.54, 1.807) is 39.0 Å². The first-order valence-electron chi connectivity index (χ1n) is 11.1. The van der Waals surface area contributed by atoms with Crippen LogP contribution in [0.1, 0.15) is 40.0 Å². The number of nitrogens with zero attached hydrogens (tertiary/aromatic N) is 1. The lowest BCUT2D eigenvalue weighted by atomic mass is 9.92. The summed E-state index contributed by atoms with van der Waals surface area (Å²) in [6.45, 7) is 8.63. The molecule has 35 heavy (non-hydrogen) atoms. The monoisotopic (exact) mass is 571 g/mol. The summed E-state index contributed by atoms with van der Waals surface area (Å²) < 4.78 is 42.1. The fourth-order valence-corrected chi connectivity index (χ4v) is 5.66. The number of carbonyl (C=O) groups is 3. The molecule has 0 spiro atoms. The third kappa shape index (κ3) is 6.13. The lowest BCUT2D eigenvalue weighted by molar-refractivity contribution is -0.149. The number of halogens is 1. The zero-order valence-electron chi connectivity index (χ0n) is 20.2. The molecular formula is C24H30BrNO8S. The first kappa shape index (κ1) is 27.3. The maximum atomic E-state index is 13.4. The minimum absolute atomic E-state index is 0.0456. The summed E-state index contributed by atoms with van der Waals surface area (Å²) in [4.78, 5) is 39.9. The molecule has 1 saturated carbocycles. The molecule has 1 unspecified atom stereocenters. The van der Waals surface area contributed by atoms with Crippen molar-refractivity contribution in [2.45, 2.75) is 62.7 Å². The first-order valence-corrected chi connectivity index (χ1v) is 13.3. The van der Waals surface area contributed by atoms with Crippen LogP contribution in [0.25, 0.3) is 0 Å². The van der Waals surface area contributed by atoms with E-state index in [4.69, 9.17) is 13.7 Å². The number of benzene rings is 1. The van der Waals surface area contributed by atoms with E-state index in [9.17, 15) is 22.8 Å². The fourth-order valence-electron chi connectivity index (χ4n) is 4.32. The number of allylic oxidation sites excluding steroid dienone is 1. The Balaban J connectivity index is 1.82. The quantitative estimate of drug-likeness (QED) is 0.262. The van der Waals surface area contributed by atoms with Crippen molar-refractivity contribution in [1.29, 1.82) is 0 Å². The molecule has 0 radical (unpaired) electrons. The molecule has 11 heteroatoms. The number of Topliss-reactive ketones (excluding diaryl/α,β-unsaturated/α-hetero) is 1. The summed E-state index contributed by atoms with van der Waals surface area (Å²) >= 11 is 3.26. The molecule has 2 fully saturated rings. The summed E-state index contributed by atoms with van der Waals surface area (Å²) in [5.41, 5.74) is -1.85. The zero-order chi connectivity index (χ0) is 26.2. The lowest BCUT2D eigenvalue weighted by Gasteiger charge is -2.28. The highest BCUT2D eigenvalue weighted by molar-refractivity contribution is 9.10. The Labute approximate surface area is 214 Å². The molecule has 1 aliphatic heterocycles. The van der Waals surface area contributed by atoms with Gasteiger partial charge in [-0.1, -0.05) is 22.0 Å². The SMILES string of the molecule is C=CC1C[C@]1(CC(=O)[C@@H]1C[C@H](OS(=O)(=O)c2ccc(Br)cc2)CN1C(=O)OC(C)(C)C)C(=O)OC. The number of esters is 1. The van der Waals surface area contributed by atoms with Crippen molar-refractivity contribution in [1.82, 2.24) is 4.90 Å². The molecule has 1 saturated heterocycles. The normalized spacial score (nSPS) is 26.2. The highest BCUT2D eigenvalue weighted by atomic mass is 79.9. The summed E-state index contributed by atoms with van der Waals surface area (Å²) in [5.74, 6) is -1.11. The van der Waals surface area contributed by atoms with Crippen molar-refractivity contribution in [3.05, 3.63) is 41.4 Å². The van der Waals surface area contributed by atoms with E-state index in [1.807, 2.05) is 0 Å². The van der Waals surface area contributed by atoms with Gasteiger partial charge in [0.15, 0.2) is 5.78 Å². The number of carbonyl (C=O) groups excluding carboxylic acids is 3. The van der Waals surface area contributed by atoms with Gasteiger partial charge in [0.1, 0.15) is 5.60 Å². The third-order valence-electron chi connectivity index (χ3n) is 6.13. The molecule has 1 aromatic carbocycles. The predicted octanol–water partition coefficient (Wildman–Crippen LogP) is 3.86. The van der Waals surface area contributed by atoms with Crippen LogP contribution in [0.4, 0.5) is 4.79 Å². The first-order chi connectivity index (χ1) is 16.2. The van der Waals surface area contributed by atoms with Gasteiger partial charge in [0, 0.05) is 17.3 Å². The molecule has 2 aliphatic rings. The van der Waals surface area contributed by atoms with E-state index < -0.39 is 51.1 Å². The van der Waals surface area contributed by atoms with E-state index in [1.165, 1.54) is 24.1 Å². The molecule has 3 rings (SSSR count). The topological polar surface area (TPSA) is 116 Å². The zero-order valence-corrected chi connectivity index (χ0v) is 22.6. The second kappa shape index (κ2) is 10.0. The second-order valence-corrected chi connectivity index (χ2v) is 12.3. The Morgan fingerprint density at radius 3 is 2.37 bits per heavy atom. The molecular weight excluding hydrogens is 542 g/mol. The van der Waals surface area contributed by atoms with Gasteiger partial charge in [-0.3, -0.25) is 18.7 Å². The Hall–Kier alpha value is -2.24. The number of methoxy groups -OCH3 is 1. The number of likely N-dealkylation sites (tertiary alicyclic amines) is 1. The van der Waals surface area contributed by atoms with Gasteiger partial charge in [-0.25, -0.2) is 4.79 Å². The van der Waals surface area contributed by atoms with Gasteiger partial charge < -0.3 is 9.47 Å². The number of rotatable bonds is 8. The summed E-state index contributed by atoms with van der Waals surface area (Å²) in [6.07, 6.45) is 0.100. The average Bonchev–Trinajstić information content (AvgIpc) is 3.31. The molecule has 0 bridgehead atoms. The van der Waals surface area contributed by atoms with Crippen LogP contribution in [0.2, 0.25) is 0 Å². The number of amides is 1. The van der Waals surface area contributed by atoms with E-state index in [0.29, 0.717) is 10.9 Å². The van der Waals surface area contributed by atoms with E-state index in [2.05, 4.69) is 22.5 Å². The van der Waals surface area contributed by atoms with Crippen molar-refractivity contribution < 1.29 is 36.5 Å². The van der Waals surface area contributed by atoms with E-state index in [0.717, 1.165) is 0 Å². The molecule has 1 aromatic rings. The largest absolute Gasteiger partial charge is 0.469 e. The Morgan fingerprint density at radius 2 is 1.86 bits per heavy atom. The molecule has 192 valence electrons. The number of ether oxygens (including phenoxy) is 2. The van der Waals surface area contributed by atoms with Crippen molar-refractivity contribution in [3.63, 3.8) is 0 Å². The fraction of sp³-hybridized carbons (Fsp3) is 0.542. The van der Waals surface area contributed by atoms with Gasteiger partial charge in [0.2, 0.25) is 0 Å². The van der Waals surface area contributed by atoms with Gasteiger partial charge >= 0.3 is 12.1 Å². The van der Waals surface area contributed by atoms with Crippen LogP contribution >= 0.6 is 15.9 Å². The van der Waals surface area contributed by atoms with E-state index in [-0.39, 0.29) is 30.2 Å². The van der Waals surface area contributed by atoms with Crippen molar-refractivity contribution in [2.75, 3.05) is 13.7 Å². The van der Waals surface area contributed by atoms with Crippen LogP contribution in [-0.2, 0) is 33.4 Å². The van der Waals surface area contributed by atoms with Crippen molar-refractivity contribution in [3.8, 4) is 0 Å². The van der Waals surface area contributed by atoms with Crippen LogP contribution in [-0.4, -0.2) is 62.6 Å². The summed E-state index contributed by atoms with van der Waals surface area (Å²) in [7, 11) is -2.89. The van der Waals surface area contributed by atoms with Crippen molar-refractivity contribution in [2.24, 2.45) is 11.3 Å². The Kier molecular flexibility index (Phi) is 7.83. The lowest BCUT2D eigenvalue weighted by Crippen LogP contribution is -2.44. The minimum Gasteiger partial charge on any atom is -0.469 e. The molecule has 1 amide bonds. The van der Waals surface area contributed by atoms with Gasteiger partial charge in [-0.15, -0.1) is 6.58 Å². The van der Waals surface area contributed by atoms with Crippen molar-refractivity contribution >= 4 is 43.9 Å². The Morgan fingerprint density at radius 1 is 1.23 bits per heavy atom. The molecule has 0 N–H and O–H groups in total. The standard InChI is InChI=1S/C24H30BrNO8S/c1-6-15-12-24(15,21(28)32-5)13-20(27)19-11-17(14-26(19)22(29)33-23(2,3)4)34-35(30,31)18-9-7-16(25)8-10-18/h6-10,15,17,19H,1,11-14H2,2-5H3/t15?,17-,19-,24+/m0/s1. The highest BCUT2D eigenvalue weighted by Gasteiger charge is 2.61. The van der Waals surface area contributed by atoms with Gasteiger partial charge in [0.25, 0.3) is 10.1 Å². The van der Waals surface area contributed by atoms with Crippen LogP contribution in [0.5, 0.6) is 0 Å². The average molecular weight is 572 g/mol. The van der Waals surface area contributed by atoms with Crippen LogP contribution in [0.15, 0.2) is 46.3 Å². The van der Waals surface area contributed by atoms with Gasteiger partial charge in [-0.05, 0) is 57.4 Å². The van der Waals surface area contributed by atoms with Crippen LogP contribution in [0, 0.1) is 11.3 Å². The minimum atomic E-state index is -4.15. The number of ketones is 1. The molecule has 1 heterocycles. The van der Waals surface area contributed by atoms with E-state index >= 15 is 0 Å². The molecule has 9 nitrogen and oxygen atoms in total. The second-order valence-electron chi connectivity index (χ2n) is 9.85. The predicted molar refractivity (Wildman–Crippen MR) is 130 cm³/mol. The maximum Gasteiger partial charge on any atom is 0.410 e. The smallest absolute Gasteiger partial charge is 0.410 e. The number of hydrogen-bond donors (Lipinski definition) is 0. The summed E-state index contributed by atoms with van der Waals surface area (Å²) in [5, 5.41) is 0. The third-order valence-corrected chi connectivity index (χ3v) is 8.03. The molecule has 4 atom stereocenters. The van der Waals surface area contributed by atoms with Crippen LogP contribution < -0.4 is 0 Å². The van der Waals surface area contributed by atoms with Gasteiger partial charge in [-0.2, -0.15) is 8.42 Å². The summed E-state index contributed by atoms with van der Waals surface area (Å²) in [6, 6.07) is 4.92.